The molecule has 0 saturated heterocycles. The first-order chi connectivity index (χ1) is 9.04. The van der Waals surface area contributed by atoms with Crippen LogP contribution in [0.25, 0.3) is 0 Å². The third kappa shape index (κ3) is 2.67. The van der Waals surface area contributed by atoms with Gasteiger partial charge in [0.05, 0.1) is 16.2 Å². The molecule has 2 aliphatic rings. The Morgan fingerprint density at radius 2 is 2.26 bits per heavy atom. The summed E-state index contributed by atoms with van der Waals surface area (Å²) >= 11 is 3.42. The molecule has 0 radical (unpaired) electrons. The van der Waals surface area contributed by atoms with Gasteiger partial charge in [0.2, 0.25) is 0 Å². The van der Waals surface area contributed by atoms with E-state index in [1.165, 1.54) is 18.5 Å². The quantitative estimate of drug-likeness (QED) is 0.926. The van der Waals surface area contributed by atoms with Crippen LogP contribution in [0.2, 0.25) is 0 Å². The van der Waals surface area contributed by atoms with Crippen LogP contribution < -0.4 is 0 Å². The number of halogens is 1. The van der Waals surface area contributed by atoms with Crippen molar-refractivity contribution in [1.82, 2.24) is 9.78 Å². The van der Waals surface area contributed by atoms with Gasteiger partial charge in [-0.3, -0.25) is 9.67 Å². The Bertz CT molecular complexity index is 557. The number of aryl methyl sites for hydroxylation is 1. The highest BCUT2D eigenvalue weighted by Crippen LogP contribution is 2.35. The first-order valence-corrected chi connectivity index (χ1v) is 7.47. The number of hydrogen-bond acceptors (Lipinski definition) is 3. The van der Waals surface area contributed by atoms with Gasteiger partial charge >= 0.3 is 0 Å². The van der Waals surface area contributed by atoms with Crippen LogP contribution in [0.1, 0.15) is 37.3 Å². The summed E-state index contributed by atoms with van der Waals surface area (Å²) in [5, 5.41) is 14.9. The smallest absolute Gasteiger partial charge is 0.110 e. The minimum Gasteiger partial charge on any atom is -0.386 e. The van der Waals surface area contributed by atoms with E-state index in [-0.39, 0.29) is 5.92 Å². The highest BCUT2D eigenvalue weighted by Gasteiger charge is 2.30. The van der Waals surface area contributed by atoms with Gasteiger partial charge in [-0.25, -0.2) is 0 Å². The maximum Gasteiger partial charge on any atom is 0.110 e. The van der Waals surface area contributed by atoms with Crippen LogP contribution in [0.15, 0.2) is 22.8 Å². The predicted molar refractivity (Wildman–Crippen MR) is 78.2 cm³/mol. The SMILES string of the molecule is CC1=CC(C(O)c2cc(CC3CC3)n(C)n2)C(Br)=N1. The van der Waals surface area contributed by atoms with Crippen LogP contribution in [-0.2, 0) is 13.5 Å². The molecule has 2 heterocycles. The van der Waals surface area contributed by atoms with Crippen molar-refractivity contribution < 1.29 is 5.11 Å². The van der Waals surface area contributed by atoms with Gasteiger partial charge in [0.1, 0.15) is 6.10 Å². The van der Waals surface area contributed by atoms with E-state index in [2.05, 4.69) is 26.0 Å². The number of allylic oxidation sites excluding steroid dienone is 1. The Labute approximate surface area is 121 Å². The molecule has 0 aromatic carbocycles. The molecule has 102 valence electrons. The van der Waals surface area contributed by atoms with Crippen LogP contribution in [0.4, 0.5) is 0 Å². The van der Waals surface area contributed by atoms with Crippen molar-refractivity contribution in [3.8, 4) is 0 Å². The molecule has 2 unspecified atom stereocenters. The molecule has 1 aromatic heterocycles. The number of rotatable bonds is 4. The summed E-state index contributed by atoms with van der Waals surface area (Å²) in [6.45, 7) is 1.94. The van der Waals surface area contributed by atoms with E-state index in [1.807, 2.05) is 30.8 Å². The van der Waals surface area contributed by atoms with Crippen molar-refractivity contribution in [1.29, 1.82) is 0 Å². The fourth-order valence-corrected chi connectivity index (χ4v) is 3.16. The normalized spacial score (nSPS) is 24.3. The Hall–Kier alpha value is -0.940. The Morgan fingerprint density at radius 1 is 1.53 bits per heavy atom. The largest absolute Gasteiger partial charge is 0.386 e. The zero-order valence-corrected chi connectivity index (χ0v) is 12.8. The lowest BCUT2D eigenvalue weighted by atomic mass is 10.0. The molecule has 1 aliphatic heterocycles. The molecule has 5 heteroatoms. The Balaban J connectivity index is 1.80. The summed E-state index contributed by atoms with van der Waals surface area (Å²) in [5.74, 6) is 0.714. The van der Waals surface area contributed by atoms with Crippen LogP contribution in [0, 0.1) is 11.8 Å². The molecule has 19 heavy (non-hydrogen) atoms. The average Bonchev–Trinajstić information content (AvgIpc) is 3.00. The second-order valence-electron chi connectivity index (χ2n) is 5.54. The van der Waals surface area contributed by atoms with E-state index in [0.29, 0.717) is 0 Å². The number of aliphatic hydroxyl groups excluding tert-OH is 1. The van der Waals surface area contributed by atoms with Gasteiger partial charge in [-0.15, -0.1) is 0 Å². The molecule has 3 rings (SSSR count). The summed E-state index contributed by atoms with van der Waals surface area (Å²) < 4.78 is 2.68. The standard InChI is InChI=1S/C14H18BrN3O/c1-8-5-11(14(15)16-8)13(19)12-7-10(18(2)17-12)6-9-3-4-9/h5,7,9,11,13,19H,3-4,6H2,1-2H3. The molecule has 1 fully saturated rings. The van der Waals surface area contributed by atoms with Gasteiger partial charge in [0.25, 0.3) is 0 Å². The van der Waals surface area contributed by atoms with Gasteiger partial charge in [0.15, 0.2) is 0 Å². The zero-order chi connectivity index (χ0) is 13.6. The van der Waals surface area contributed by atoms with Gasteiger partial charge in [-0.2, -0.15) is 5.10 Å². The number of aliphatic imine (C=N–C) groups is 1. The average molecular weight is 324 g/mol. The number of hydrogen-bond donors (Lipinski definition) is 1. The molecule has 1 N–H and O–H groups in total. The monoisotopic (exact) mass is 323 g/mol. The van der Waals surface area contributed by atoms with E-state index >= 15 is 0 Å². The molecule has 2 atom stereocenters. The summed E-state index contributed by atoms with van der Waals surface area (Å²) in [7, 11) is 1.95. The highest BCUT2D eigenvalue weighted by molar-refractivity contribution is 9.18. The first kappa shape index (κ1) is 13.1. The molecule has 1 aromatic rings. The van der Waals surface area contributed by atoms with Crippen molar-refractivity contribution in [2.24, 2.45) is 23.9 Å². The minimum absolute atomic E-state index is 0.108. The number of aliphatic hydroxyl groups is 1. The summed E-state index contributed by atoms with van der Waals surface area (Å²) in [5.41, 5.74) is 2.88. The van der Waals surface area contributed by atoms with Crippen molar-refractivity contribution in [3.05, 3.63) is 29.2 Å². The molecular formula is C14H18BrN3O. The summed E-state index contributed by atoms with van der Waals surface area (Å²) in [4.78, 5) is 4.30. The van der Waals surface area contributed by atoms with Crippen molar-refractivity contribution in [2.75, 3.05) is 0 Å². The van der Waals surface area contributed by atoms with Crippen LogP contribution >= 0.6 is 15.9 Å². The minimum atomic E-state index is -0.630. The summed E-state index contributed by atoms with van der Waals surface area (Å²) in [6.07, 6.45) is 5.07. The molecule has 1 aliphatic carbocycles. The summed E-state index contributed by atoms with van der Waals surface area (Å²) in [6, 6.07) is 2.03. The first-order valence-electron chi connectivity index (χ1n) is 6.68. The van der Waals surface area contributed by atoms with Gasteiger partial charge in [-0.1, -0.05) is 6.08 Å². The molecule has 0 amide bonds. The van der Waals surface area contributed by atoms with Crippen molar-refractivity contribution in [3.63, 3.8) is 0 Å². The van der Waals surface area contributed by atoms with Crippen LogP contribution in [-0.4, -0.2) is 19.5 Å². The third-order valence-corrected chi connectivity index (χ3v) is 4.52. The zero-order valence-electron chi connectivity index (χ0n) is 11.2. The van der Waals surface area contributed by atoms with E-state index in [1.54, 1.807) is 0 Å². The maximum atomic E-state index is 10.5. The number of nitrogens with zero attached hydrogens (tertiary/aromatic N) is 3. The molecule has 4 nitrogen and oxygen atoms in total. The molecule has 1 saturated carbocycles. The Morgan fingerprint density at radius 3 is 2.84 bits per heavy atom. The molecule has 0 bridgehead atoms. The molecular weight excluding hydrogens is 306 g/mol. The van der Waals surface area contributed by atoms with Crippen molar-refractivity contribution >= 4 is 20.6 Å². The second kappa shape index (κ2) is 4.87. The van der Waals surface area contributed by atoms with Crippen LogP contribution in [0.5, 0.6) is 0 Å². The fourth-order valence-electron chi connectivity index (χ4n) is 2.50. The second-order valence-corrected chi connectivity index (χ2v) is 6.36. The lowest BCUT2D eigenvalue weighted by Crippen LogP contribution is -2.15. The highest BCUT2D eigenvalue weighted by atomic mass is 79.9. The number of aromatic nitrogens is 2. The maximum absolute atomic E-state index is 10.5. The van der Waals surface area contributed by atoms with Gasteiger partial charge in [0, 0.05) is 18.4 Å². The van der Waals surface area contributed by atoms with Crippen molar-refractivity contribution in [2.45, 2.75) is 32.3 Å². The topological polar surface area (TPSA) is 50.4 Å². The van der Waals surface area contributed by atoms with E-state index in [0.717, 1.165) is 28.4 Å². The third-order valence-electron chi connectivity index (χ3n) is 3.81. The lowest BCUT2D eigenvalue weighted by molar-refractivity contribution is 0.154. The Kier molecular flexibility index (Phi) is 3.35. The van der Waals surface area contributed by atoms with Gasteiger partial charge < -0.3 is 5.11 Å². The molecule has 0 spiro atoms. The van der Waals surface area contributed by atoms with Crippen LogP contribution in [0.3, 0.4) is 0 Å². The lowest BCUT2D eigenvalue weighted by Gasteiger charge is -2.13. The van der Waals surface area contributed by atoms with E-state index in [9.17, 15) is 5.11 Å². The fraction of sp³-hybridized carbons (Fsp3) is 0.571. The van der Waals surface area contributed by atoms with E-state index in [4.69, 9.17) is 0 Å². The van der Waals surface area contributed by atoms with E-state index < -0.39 is 6.10 Å². The predicted octanol–water partition coefficient (Wildman–Crippen LogP) is 2.73. The van der Waals surface area contributed by atoms with Gasteiger partial charge in [-0.05, 0) is 54.1 Å².